The van der Waals surface area contributed by atoms with E-state index >= 15 is 0 Å². The predicted octanol–water partition coefficient (Wildman–Crippen LogP) is 5.66. The lowest BCUT2D eigenvalue weighted by molar-refractivity contribution is 0.101. The molecule has 0 bridgehead atoms. The van der Waals surface area contributed by atoms with Gasteiger partial charge in [0.2, 0.25) is 5.82 Å². The van der Waals surface area contributed by atoms with Gasteiger partial charge in [-0.25, -0.2) is 9.67 Å². The van der Waals surface area contributed by atoms with Gasteiger partial charge in [0.1, 0.15) is 5.75 Å². The monoisotopic (exact) mass is 476 g/mol. The van der Waals surface area contributed by atoms with Gasteiger partial charge in [0.05, 0.1) is 12.3 Å². The van der Waals surface area contributed by atoms with Crippen molar-refractivity contribution in [2.75, 3.05) is 11.9 Å². The van der Waals surface area contributed by atoms with Gasteiger partial charge in [-0.2, -0.15) is 0 Å². The second-order valence-corrected chi connectivity index (χ2v) is 7.84. The van der Waals surface area contributed by atoms with Crippen molar-refractivity contribution in [3.63, 3.8) is 0 Å². The molecule has 1 N–H and O–H groups in total. The summed E-state index contributed by atoms with van der Waals surface area (Å²) in [6, 6.07) is 22.9. The molecule has 0 atom stereocenters. The number of halogens is 1. The predicted molar refractivity (Wildman–Crippen MR) is 125 cm³/mol. The van der Waals surface area contributed by atoms with Gasteiger partial charge >= 0.3 is 0 Å². The first-order chi connectivity index (χ1) is 15.0. The molecule has 0 aliphatic heterocycles. The van der Waals surface area contributed by atoms with E-state index in [9.17, 15) is 4.79 Å². The summed E-state index contributed by atoms with van der Waals surface area (Å²) in [4.78, 5) is 17.4. The lowest BCUT2D eigenvalue weighted by Crippen LogP contribution is -2.14. The molecule has 1 aromatic heterocycles. The van der Waals surface area contributed by atoms with Crippen LogP contribution in [0.2, 0.25) is 0 Å². The van der Waals surface area contributed by atoms with Crippen LogP contribution in [0, 0.1) is 6.92 Å². The van der Waals surface area contributed by atoms with Crippen LogP contribution < -0.4 is 10.1 Å². The molecule has 156 valence electrons. The Kier molecular flexibility index (Phi) is 6.13. The number of amides is 1. The summed E-state index contributed by atoms with van der Waals surface area (Å²) in [7, 11) is 0. The molecule has 1 amide bonds. The molecule has 0 spiro atoms. The average molecular weight is 477 g/mol. The molecule has 0 unspecified atom stereocenters. The van der Waals surface area contributed by atoms with Crippen molar-refractivity contribution in [3.05, 3.63) is 88.7 Å². The van der Waals surface area contributed by atoms with Gasteiger partial charge in [0.15, 0.2) is 5.82 Å². The van der Waals surface area contributed by atoms with E-state index in [0.717, 1.165) is 27.0 Å². The van der Waals surface area contributed by atoms with E-state index in [4.69, 9.17) is 4.74 Å². The normalized spacial score (nSPS) is 10.7. The number of anilines is 1. The quantitative estimate of drug-likeness (QED) is 0.389. The van der Waals surface area contributed by atoms with Crippen molar-refractivity contribution >= 4 is 27.5 Å². The number of carbonyl (C=O) groups excluding carboxylic acids is 1. The van der Waals surface area contributed by atoms with Crippen LogP contribution in [0.4, 0.5) is 5.69 Å². The second kappa shape index (κ2) is 9.14. The van der Waals surface area contributed by atoms with Gasteiger partial charge in [0.25, 0.3) is 5.91 Å². The first kappa shape index (κ1) is 20.8. The smallest absolute Gasteiger partial charge is 0.295 e. The number of hydrogen-bond acceptors (Lipinski definition) is 4. The van der Waals surface area contributed by atoms with E-state index in [-0.39, 0.29) is 11.7 Å². The number of nitrogens with zero attached hydrogens (tertiary/aromatic N) is 3. The van der Waals surface area contributed by atoms with Crippen molar-refractivity contribution < 1.29 is 9.53 Å². The molecule has 3 aromatic carbocycles. The summed E-state index contributed by atoms with van der Waals surface area (Å²) in [6.07, 6.45) is 0. The summed E-state index contributed by atoms with van der Waals surface area (Å²) < 4.78 is 8.15. The van der Waals surface area contributed by atoms with Crippen LogP contribution in [0.5, 0.6) is 5.75 Å². The van der Waals surface area contributed by atoms with Crippen LogP contribution in [0.25, 0.3) is 17.1 Å². The summed E-state index contributed by atoms with van der Waals surface area (Å²) in [5.74, 6) is 1.08. The van der Waals surface area contributed by atoms with Gasteiger partial charge in [-0.1, -0.05) is 39.7 Å². The Morgan fingerprint density at radius 2 is 1.81 bits per heavy atom. The van der Waals surface area contributed by atoms with Crippen LogP contribution in [0.15, 0.2) is 77.3 Å². The molecular formula is C24H21BrN4O2. The maximum absolute atomic E-state index is 12.9. The highest BCUT2D eigenvalue weighted by atomic mass is 79.9. The topological polar surface area (TPSA) is 69.0 Å². The zero-order chi connectivity index (χ0) is 21.8. The van der Waals surface area contributed by atoms with E-state index in [2.05, 4.69) is 31.3 Å². The SMILES string of the molecule is CCOc1ccc(-n2nc(C(=O)Nc3ccc(Br)cc3)nc2-c2cccc(C)c2)cc1. The Morgan fingerprint density at radius 3 is 2.48 bits per heavy atom. The molecule has 4 rings (SSSR count). The number of benzene rings is 3. The Hall–Kier alpha value is -3.45. The van der Waals surface area contributed by atoms with Gasteiger partial charge in [-0.05, 0) is 68.4 Å². The second-order valence-electron chi connectivity index (χ2n) is 6.93. The average Bonchev–Trinajstić information content (AvgIpc) is 3.22. The fourth-order valence-electron chi connectivity index (χ4n) is 3.13. The number of carbonyl (C=O) groups is 1. The maximum Gasteiger partial charge on any atom is 0.295 e. The van der Waals surface area contributed by atoms with Crippen molar-refractivity contribution in [1.29, 1.82) is 0 Å². The summed E-state index contributed by atoms with van der Waals surface area (Å²) >= 11 is 3.39. The maximum atomic E-state index is 12.9. The first-order valence-electron chi connectivity index (χ1n) is 9.88. The minimum absolute atomic E-state index is 0.0910. The molecule has 0 fully saturated rings. The molecular weight excluding hydrogens is 456 g/mol. The molecule has 6 nitrogen and oxygen atoms in total. The number of ether oxygens (including phenoxy) is 1. The van der Waals surface area contributed by atoms with E-state index in [1.54, 1.807) is 4.68 Å². The number of aromatic nitrogens is 3. The standard InChI is InChI=1S/C24H21BrN4O2/c1-3-31-21-13-11-20(12-14-21)29-23(17-6-4-5-16(2)15-17)27-22(28-29)24(30)26-19-9-7-18(25)8-10-19/h4-15H,3H2,1-2H3,(H,26,30). The molecule has 7 heteroatoms. The van der Waals surface area contributed by atoms with E-state index in [1.165, 1.54) is 0 Å². The fraction of sp³-hybridized carbons (Fsp3) is 0.125. The third-order valence-electron chi connectivity index (χ3n) is 4.58. The van der Waals surface area contributed by atoms with Crippen LogP contribution in [0.1, 0.15) is 23.1 Å². The molecule has 4 aromatic rings. The lowest BCUT2D eigenvalue weighted by atomic mass is 10.1. The van der Waals surface area contributed by atoms with E-state index in [1.807, 2.05) is 86.6 Å². The third kappa shape index (κ3) is 4.83. The number of aryl methyl sites for hydroxylation is 1. The molecule has 0 radical (unpaired) electrons. The fourth-order valence-corrected chi connectivity index (χ4v) is 3.39. The van der Waals surface area contributed by atoms with Crippen molar-refractivity contribution in [3.8, 4) is 22.8 Å². The Labute approximate surface area is 189 Å². The third-order valence-corrected chi connectivity index (χ3v) is 5.11. The molecule has 31 heavy (non-hydrogen) atoms. The van der Waals surface area contributed by atoms with Crippen LogP contribution in [-0.2, 0) is 0 Å². The summed E-state index contributed by atoms with van der Waals surface area (Å²) in [5.41, 5.74) is 3.43. The molecule has 0 aliphatic carbocycles. The van der Waals surface area contributed by atoms with Gasteiger partial charge in [-0.15, -0.1) is 5.10 Å². The molecule has 0 saturated carbocycles. The van der Waals surface area contributed by atoms with Crippen LogP contribution in [0.3, 0.4) is 0 Å². The minimum Gasteiger partial charge on any atom is -0.494 e. The van der Waals surface area contributed by atoms with E-state index in [0.29, 0.717) is 18.1 Å². The van der Waals surface area contributed by atoms with Crippen molar-refractivity contribution in [2.24, 2.45) is 0 Å². The highest BCUT2D eigenvalue weighted by Gasteiger charge is 2.19. The van der Waals surface area contributed by atoms with Gasteiger partial charge in [0, 0.05) is 15.7 Å². The van der Waals surface area contributed by atoms with E-state index < -0.39 is 0 Å². The number of rotatable bonds is 6. The largest absolute Gasteiger partial charge is 0.494 e. The number of nitrogens with one attached hydrogen (secondary N) is 1. The van der Waals surface area contributed by atoms with Gasteiger partial charge < -0.3 is 10.1 Å². The first-order valence-corrected chi connectivity index (χ1v) is 10.7. The van der Waals surface area contributed by atoms with Crippen molar-refractivity contribution in [2.45, 2.75) is 13.8 Å². The highest BCUT2D eigenvalue weighted by Crippen LogP contribution is 2.24. The summed E-state index contributed by atoms with van der Waals surface area (Å²) in [6.45, 7) is 4.55. The summed E-state index contributed by atoms with van der Waals surface area (Å²) in [5, 5.41) is 7.37. The molecule has 1 heterocycles. The Morgan fingerprint density at radius 1 is 1.06 bits per heavy atom. The molecule has 0 aliphatic rings. The zero-order valence-corrected chi connectivity index (χ0v) is 18.8. The lowest BCUT2D eigenvalue weighted by Gasteiger charge is -2.08. The zero-order valence-electron chi connectivity index (χ0n) is 17.2. The molecule has 0 saturated heterocycles. The van der Waals surface area contributed by atoms with Crippen LogP contribution in [-0.4, -0.2) is 27.3 Å². The highest BCUT2D eigenvalue weighted by molar-refractivity contribution is 9.10. The van der Waals surface area contributed by atoms with Gasteiger partial charge in [-0.3, -0.25) is 4.79 Å². The Balaban J connectivity index is 1.72. The van der Waals surface area contributed by atoms with Crippen molar-refractivity contribution in [1.82, 2.24) is 14.8 Å². The van der Waals surface area contributed by atoms with Crippen LogP contribution >= 0.6 is 15.9 Å². The number of hydrogen-bond donors (Lipinski definition) is 1. The minimum atomic E-state index is -0.374. The Bertz CT molecular complexity index is 1200.